The van der Waals surface area contributed by atoms with Gasteiger partial charge in [-0.2, -0.15) is 4.39 Å². The molecular formula is C26H28FN3. The Morgan fingerprint density at radius 1 is 1.10 bits per heavy atom. The minimum absolute atomic E-state index is 0.427. The standard InChI is InChI=1S/C26H28FN3/c1-3-18-7-13-24(29-17-18)20-8-11-22(12-9-20)30-25-14-10-21(16-19(25)4-2)23-6-5-15-28-26(23)27/h4-7,10,13-17,20,22,30H,2-3,8-9,11-12H2,1H3. The summed E-state index contributed by atoms with van der Waals surface area (Å²) in [4.78, 5) is 8.44. The van der Waals surface area contributed by atoms with Crippen molar-refractivity contribution < 1.29 is 4.39 Å². The number of anilines is 1. The third kappa shape index (κ3) is 4.43. The van der Waals surface area contributed by atoms with Gasteiger partial charge in [-0.25, -0.2) is 4.98 Å². The lowest BCUT2D eigenvalue weighted by Gasteiger charge is -2.30. The average molecular weight is 402 g/mol. The molecule has 1 aliphatic carbocycles. The number of nitrogens with zero attached hydrogens (tertiary/aromatic N) is 2. The molecule has 0 aliphatic heterocycles. The fourth-order valence-corrected chi connectivity index (χ4v) is 4.27. The first kappa shape index (κ1) is 20.3. The normalized spacial score (nSPS) is 18.7. The van der Waals surface area contributed by atoms with Gasteiger partial charge in [0.25, 0.3) is 0 Å². The lowest BCUT2D eigenvalue weighted by Crippen LogP contribution is -2.26. The summed E-state index contributed by atoms with van der Waals surface area (Å²) in [7, 11) is 0. The molecule has 2 heterocycles. The summed E-state index contributed by atoms with van der Waals surface area (Å²) in [5.74, 6) is 0.0934. The number of benzene rings is 1. The molecule has 1 aromatic carbocycles. The van der Waals surface area contributed by atoms with E-state index in [1.54, 1.807) is 12.1 Å². The molecule has 3 nitrogen and oxygen atoms in total. The Morgan fingerprint density at radius 3 is 2.60 bits per heavy atom. The summed E-state index contributed by atoms with van der Waals surface area (Å²) < 4.78 is 14.0. The number of hydrogen-bond donors (Lipinski definition) is 1. The van der Waals surface area contributed by atoms with Gasteiger partial charge in [0, 0.05) is 41.3 Å². The minimum atomic E-state index is -0.452. The summed E-state index contributed by atoms with van der Waals surface area (Å²) in [5, 5.41) is 3.68. The maximum absolute atomic E-state index is 14.0. The first-order valence-corrected chi connectivity index (χ1v) is 10.8. The molecule has 0 radical (unpaired) electrons. The van der Waals surface area contributed by atoms with Gasteiger partial charge < -0.3 is 5.32 Å². The van der Waals surface area contributed by atoms with Crippen LogP contribution in [0.2, 0.25) is 0 Å². The summed E-state index contributed by atoms with van der Waals surface area (Å²) in [6.45, 7) is 6.11. The van der Waals surface area contributed by atoms with E-state index in [-0.39, 0.29) is 0 Å². The first-order valence-electron chi connectivity index (χ1n) is 10.8. The number of nitrogens with one attached hydrogen (secondary N) is 1. The van der Waals surface area contributed by atoms with Gasteiger partial charge in [-0.15, -0.1) is 0 Å². The van der Waals surface area contributed by atoms with Crippen LogP contribution in [0, 0.1) is 5.95 Å². The van der Waals surface area contributed by atoms with Crippen LogP contribution >= 0.6 is 0 Å². The molecule has 0 spiro atoms. The highest BCUT2D eigenvalue weighted by molar-refractivity contribution is 5.74. The topological polar surface area (TPSA) is 37.8 Å². The molecular weight excluding hydrogens is 373 g/mol. The maximum atomic E-state index is 14.0. The lowest BCUT2D eigenvalue weighted by atomic mass is 9.83. The highest BCUT2D eigenvalue weighted by Gasteiger charge is 2.23. The van der Waals surface area contributed by atoms with E-state index in [9.17, 15) is 4.39 Å². The first-order chi connectivity index (χ1) is 14.7. The quantitative estimate of drug-likeness (QED) is 0.471. The lowest BCUT2D eigenvalue weighted by molar-refractivity contribution is 0.406. The molecule has 154 valence electrons. The van der Waals surface area contributed by atoms with Crippen molar-refractivity contribution >= 4 is 11.8 Å². The molecule has 0 unspecified atom stereocenters. The predicted octanol–water partition coefficient (Wildman–Crippen LogP) is 6.63. The van der Waals surface area contributed by atoms with E-state index in [0.29, 0.717) is 17.5 Å². The van der Waals surface area contributed by atoms with E-state index in [1.165, 1.54) is 17.5 Å². The molecule has 30 heavy (non-hydrogen) atoms. The molecule has 1 N–H and O–H groups in total. The van der Waals surface area contributed by atoms with Gasteiger partial charge in [-0.3, -0.25) is 4.98 Å². The number of halogens is 1. The molecule has 4 rings (SSSR count). The Bertz CT molecular complexity index is 1010. The van der Waals surface area contributed by atoms with E-state index >= 15 is 0 Å². The molecule has 0 atom stereocenters. The van der Waals surface area contributed by atoms with Gasteiger partial charge in [0.15, 0.2) is 0 Å². The third-order valence-corrected chi connectivity index (χ3v) is 6.10. The smallest absolute Gasteiger partial charge is 0.220 e. The predicted molar refractivity (Wildman–Crippen MR) is 122 cm³/mol. The van der Waals surface area contributed by atoms with Gasteiger partial charge >= 0.3 is 0 Å². The molecule has 1 saturated carbocycles. The van der Waals surface area contributed by atoms with Gasteiger partial charge in [0.05, 0.1) is 0 Å². The molecule has 0 bridgehead atoms. The van der Waals surface area contributed by atoms with Crippen LogP contribution in [0.4, 0.5) is 10.1 Å². The number of hydrogen-bond acceptors (Lipinski definition) is 3. The van der Waals surface area contributed by atoms with Gasteiger partial charge in [-0.1, -0.05) is 31.7 Å². The maximum Gasteiger partial charge on any atom is 0.220 e. The Morgan fingerprint density at radius 2 is 1.93 bits per heavy atom. The molecule has 3 aromatic rings. The zero-order valence-corrected chi connectivity index (χ0v) is 17.4. The number of rotatable bonds is 6. The van der Waals surface area contributed by atoms with E-state index in [1.807, 2.05) is 30.5 Å². The second-order valence-electron chi connectivity index (χ2n) is 7.99. The van der Waals surface area contributed by atoms with E-state index < -0.39 is 5.95 Å². The summed E-state index contributed by atoms with van der Waals surface area (Å²) in [5.41, 5.74) is 5.86. The molecule has 1 fully saturated rings. The van der Waals surface area contributed by atoms with Crippen molar-refractivity contribution in [3.63, 3.8) is 0 Å². The van der Waals surface area contributed by atoms with Crippen LogP contribution in [0.1, 0.15) is 55.3 Å². The van der Waals surface area contributed by atoms with Crippen LogP contribution in [0.25, 0.3) is 17.2 Å². The van der Waals surface area contributed by atoms with Crippen LogP contribution in [0.3, 0.4) is 0 Å². The largest absolute Gasteiger partial charge is 0.382 e. The van der Waals surface area contributed by atoms with Crippen molar-refractivity contribution in [2.24, 2.45) is 0 Å². The van der Waals surface area contributed by atoms with E-state index in [0.717, 1.165) is 48.9 Å². The van der Waals surface area contributed by atoms with Crippen LogP contribution in [-0.2, 0) is 6.42 Å². The Labute approximate surface area is 178 Å². The molecule has 2 aromatic heterocycles. The molecule has 0 amide bonds. The molecule has 4 heteroatoms. The van der Waals surface area contributed by atoms with Crippen molar-refractivity contribution in [3.05, 3.63) is 84.2 Å². The van der Waals surface area contributed by atoms with Crippen LogP contribution in [0.15, 0.2) is 61.4 Å². The van der Waals surface area contributed by atoms with Crippen molar-refractivity contribution in [3.8, 4) is 11.1 Å². The van der Waals surface area contributed by atoms with Gasteiger partial charge in [0.1, 0.15) is 0 Å². The van der Waals surface area contributed by atoms with Crippen LogP contribution in [-0.4, -0.2) is 16.0 Å². The van der Waals surface area contributed by atoms with Crippen LogP contribution in [0.5, 0.6) is 0 Å². The highest BCUT2D eigenvalue weighted by atomic mass is 19.1. The SMILES string of the molecule is C=Cc1cc(-c2cccnc2F)ccc1NC1CCC(c2ccc(CC)cn2)CC1. The second kappa shape index (κ2) is 9.21. The van der Waals surface area contributed by atoms with Crippen molar-refractivity contribution in [2.45, 2.75) is 51.0 Å². The Balaban J connectivity index is 1.42. The highest BCUT2D eigenvalue weighted by Crippen LogP contribution is 2.34. The van der Waals surface area contributed by atoms with E-state index in [4.69, 9.17) is 0 Å². The molecule has 1 aliphatic rings. The summed E-state index contributed by atoms with van der Waals surface area (Å²) >= 11 is 0. The van der Waals surface area contributed by atoms with Gasteiger partial charge in [-0.05, 0) is 79.1 Å². The number of pyridine rings is 2. The summed E-state index contributed by atoms with van der Waals surface area (Å²) in [6, 6.07) is 14.3. The van der Waals surface area contributed by atoms with Crippen LogP contribution < -0.4 is 5.32 Å². The Hall–Kier alpha value is -3.01. The van der Waals surface area contributed by atoms with Gasteiger partial charge in [0.2, 0.25) is 5.95 Å². The minimum Gasteiger partial charge on any atom is -0.382 e. The molecule has 0 saturated heterocycles. The zero-order valence-electron chi connectivity index (χ0n) is 17.4. The summed E-state index contributed by atoms with van der Waals surface area (Å²) in [6.07, 6.45) is 10.8. The number of aryl methyl sites for hydroxylation is 1. The number of aromatic nitrogens is 2. The second-order valence-corrected chi connectivity index (χ2v) is 7.99. The third-order valence-electron chi connectivity index (χ3n) is 6.10. The van der Waals surface area contributed by atoms with Crippen molar-refractivity contribution in [1.82, 2.24) is 9.97 Å². The monoisotopic (exact) mass is 401 g/mol. The zero-order chi connectivity index (χ0) is 20.9. The Kier molecular flexibility index (Phi) is 6.22. The van der Waals surface area contributed by atoms with E-state index in [2.05, 4.69) is 40.9 Å². The van der Waals surface area contributed by atoms with Crippen molar-refractivity contribution in [2.75, 3.05) is 5.32 Å². The average Bonchev–Trinajstić information content (AvgIpc) is 2.80. The fourth-order valence-electron chi connectivity index (χ4n) is 4.27. The van der Waals surface area contributed by atoms with Crippen molar-refractivity contribution in [1.29, 1.82) is 0 Å². The fraction of sp³-hybridized carbons (Fsp3) is 0.308.